The number of hydrogen-bond acceptors (Lipinski definition) is 6. The molecule has 2 amide bonds. The van der Waals surface area contributed by atoms with Crippen LogP contribution in [0.5, 0.6) is 5.75 Å². The zero-order valence-corrected chi connectivity index (χ0v) is 18.3. The van der Waals surface area contributed by atoms with Crippen LogP contribution in [0.15, 0.2) is 30.3 Å². The summed E-state index contributed by atoms with van der Waals surface area (Å²) >= 11 is 25.0. The first-order valence-electron chi connectivity index (χ1n) is 8.43. The normalized spacial score (nSPS) is 14.6. The highest BCUT2D eigenvalue weighted by molar-refractivity contribution is 6.37. The van der Waals surface area contributed by atoms with Crippen molar-refractivity contribution in [2.24, 2.45) is 0 Å². The van der Waals surface area contributed by atoms with E-state index < -0.39 is 24.1 Å². The van der Waals surface area contributed by atoms with E-state index in [4.69, 9.17) is 60.7 Å². The topological polar surface area (TPSA) is 82.1 Å². The molecule has 7 nitrogen and oxygen atoms in total. The van der Waals surface area contributed by atoms with Crippen LogP contribution >= 0.6 is 46.4 Å². The third-order valence-electron chi connectivity index (χ3n) is 4.18. The van der Waals surface area contributed by atoms with Gasteiger partial charge in [-0.3, -0.25) is 14.4 Å². The minimum absolute atomic E-state index is 0.0608. The molecular weight excluding hydrogens is 480 g/mol. The molecule has 3 rings (SSSR count). The van der Waals surface area contributed by atoms with Crippen molar-refractivity contribution in [2.75, 3.05) is 7.11 Å². The molecule has 0 N–H and O–H groups in total. The summed E-state index contributed by atoms with van der Waals surface area (Å²) in [6.07, 6.45) is -2.68. The molecule has 158 valence electrons. The van der Waals surface area contributed by atoms with Gasteiger partial charge in [0, 0.05) is 34.0 Å². The Hall–Kier alpha value is -2.19. The first-order chi connectivity index (χ1) is 14.2. The average Bonchev–Trinajstić information content (AvgIpc) is 2.98. The van der Waals surface area contributed by atoms with Crippen molar-refractivity contribution in [1.82, 2.24) is 5.06 Å². The second-order valence-corrected chi connectivity index (χ2v) is 7.75. The van der Waals surface area contributed by atoms with Crippen molar-refractivity contribution in [1.29, 1.82) is 0 Å². The number of imide groups is 1. The molecule has 2 aromatic carbocycles. The Balaban J connectivity index is 1.99. The molecule has 30 heavy (non-hydrogen) atoms. The molecule has 0 radical (unpaired) electrons. The quantitative estimate of drug-likeness (QED) is 0.398. The summed E-state index contributed by atoms with van der Waals surface area (Å²) in [5, 5.41) is 1.12. The van der Waals surface area contributed by atoms with E-state index in [9.17, 15) is 14.4 Å². The van der Waals surface area contributed by atoms with Gasteiger partial charge in [-0.25, -0.2) is 4.79 Å². The monoisotopic (exact) mass is 491 g/mol. The Morgan fingerprint density at radius 1 is 0.967 bits per heavy atom. The van der Waals surface area contributed by atoms with E-state index in [0.717, 1.165) is 0 Å². The van der Waals surface area contributed by atoms with Crippen LogP contribution in [0.3, 0.4) is 0 Å². The number of rotatable bonds is 5. The van der Waals surface area contributed by atoms with Crippen LogP contribution in [0.4, 0.5) is 4.79 Å². The van der Waals surface area contributed by atoms with E-state index in [1.807, 2.05) is 0 Å². The van der Waals surface area contributed by atoms with Gasteiger partial charge in [0.2, 0.25) is 0 Å². The van der Waals surface area contributed by atoms with Crippen LogP contribution in [0, 0.1) is 0 Å². The van der Waals surface area contributed by atoms with Crippen LogP contribution < -0.4 is 4.74 Å². The van der Waals surface area contributed by atoms with E-state index in [0.29, 0.717) is 21.4 Å². The maximum Gasteiger partial charge on any atom is 0.534 e. The van der Waals surface area contributed by atoms with E-state index in [1.165, 1.54) is 37.4 Å². The van der Waals surface area contributed by atoms with Gasteiger partial charge in [-0.05, 0) is 24.3 Å². The molecule has 0 spiro atoms. The summed E-state index contributed by atoms with van der Waals surface area (Å²) < 4.78 is 10.5. The Morgan fingerprint density at radius 2 is 1.57 bits per heavy atom. The Morgan fingerprint density at radius 3 is 2.10 bits per heavy atom. The van der Waals surface area contributed by atoms with Crippen molar-refractivity contribution < 1.29 is 28.7 Å². The SMILES string of the molecule is COc1cc(Cl)c([C@@H](OC(=O)ON2C(=O)CCC2=O)c2ccc(Cl)cc2Cl)c(Cl)c1. The second-order valence-electron chi connectivity index (χ2n) is 6.09. The summed E-state index contributed by atoms with van der Waals surface area (Å²) in [4.78, 5) is 40.6. The van der Waals surface area contributed by atoms with Crippen molar-refractivity contribution in [3.05, 3.63) is 61.5 Å². The van der Waals surface area contributed by atoms with Gasteiger partial charge in [-0.2, -0.15) is 0 Å². The van der Waals surface area contributed by atoms with Gasteiger partial charge in [-0.15, -0.1) is 0 Å². The summed E-state index contributed by atoms with van der Waals surface area (Å²) in [6, 6.07) is 7.44. The minimum Gasteiger partial charge on any atom is -0.497 e. The fourth-order valence-electron chi connectivity index (χ4n) is 2.77. The molecule has 0 aromatic heterocycles. The van der Waals surface area contributed by atoms with Crippen molar-refractivity contribution >= 4 is 64.4 Å². The van der Waals surface area contributed by atoms with E-state index in [2.05, 4.69) is 0 Å². The molecule has 1 fully saturated rings. The Kier molecular flexibility index (Phi) is 6.98. The van der Waals surface area contributed by atoms with Crippen molar-refractivity contribution in [3.63, 3.8) is 0 Å². The molecule has 1 atom stereocenters. The summed E-state index contributed by atoms with van der Waals surface area (Å²) in [5.74, 6) is -0.928. The molecule has 11 heteroatoms. The summed E-state index contributed by atoms with van der Waals surface area (Å²) in [5.41, 5.74) is 0.491. The maximum atomic E-state index is 12.4. The number of carbonyl (C=O) groups excluding carboxylic acids is 3. The van der Waals surface area contributed by atoms with Gasteiger partial charge in [0.1, 0.15) is 5.75 Å². The highest BCUT2D eigenvalue weighted by atomic mass is 35.5. The van der Waals surface area contributed by atoms with Gasteiger partial charge >= 0.3 is 6.16 Å². The molecule has 1 saturated heterocycles. The molecule has 1 heterocycles. The van der Waals surface area contributed by atoms with Crippen molar-refractivity contribution in [2.45, 2.75) is 18.9 Å². The van der Waals surface area contributed by atoms with Crippen LogP contribution in [-0.2, 0) is 19.2 Å². The number of amides is 2. The summed E-state index contributed by atoms with van der Waals surface area (Å²) in [6.45, 7) is 0. The number of halogens is 4. The van der Waals surface area contributed by atoms with Gasteiger partial charge in [0.05, 0.1) is 17.2 Å². The zero-order valence-electron chi connectivity index (χ0n) is 15.3. The average molecular weight is 493 g/mol. The fourth-order valence-corrected chi connectivity index (χ4v) is 3.94. The fraction of sp³-hybridized carbons (Fsp3) is 0.211. The largest absolute Gasteiger partial charge is 0.534 e. The second kappa shape index (κ2) is 9.31. The minimum atomic E-state index is -1.32. The maximum absolute atomic E-state index is 12.4. The first kappa shape index (κ1) is 22.5. The van der Waals surface area contributed by atoms with Gasteiger partial charge in [0.25, 0.3) is 11.8 Å². The standard InChI is InChI=1S/C19H13Cl4NO6/c1-28-10-7-13(22)17(14(23)8-10)18(11-3-2-9(20)6-12(11)21)29-19(27)30-24-15(25)4-5-16(24)26/h2-3,6-8,18H,4-5H2,1H3/t18-/m0/s1. The third kappa shape index (κ3) is 4.75. The third-order valence-corrected chi connectivity index (χ3v) is 5.37. The molecular formula is C19H13Cl4NO6. The number of hydrogen-bond donors (Lipinski definition) is 0. The Bertz CT molecular complexity index is 989. The number of nitrogens with zero attached hydrogens (tertiary/aromatic N) is 1. The van der Waals surface area contributed by atoms with Crippen LogP contribution in [0.25, 0.3) is 0 Å². The lowest BCUT2D eigenvalue weighted by Gasteiger charge is -2.23. The van der Waals surface area contributed by atoms with E-state index >= 15 is 0 Å². The van der Waals surface area contributed by atoms with E-state index in [1.54, 1.807) is 0 Å². The molecule has 0 aliphatic carbocycles. The lowest BCUT2D eigenvalue weighted by atomic mass is 10.0. The molecule has 0 bridgehead atoms. The Labute approximate surface area is 191 Å². The smallest absolute Gasteiger partial charge is 0.497 e. The highest BCUT2D eigenvalue weighted by Gasteiger charge is 2.35. The van der Waals surface area contributed by atoms with E-state index in [-0.39, 0.29) is 33.5 Å². The summed E-state index contributed by atoms with van der Waals surface area (Å²) in [7, 11) is 1.44. The predicted octanol–water partition coefficient (Wildman–Crippen LogP) is 5.62. The van der Waals surface area contributed by atoms with Crippen LogP contribution in [0.2, 0.25) is 20.1 Å². The molecule has 1 aliphatic heterocycles. The number of ether oxygens (including phenoxy) is 2. The highest BCUT2D eigenvalue weighted by Crippen LogP contribution is 2.42. The van der Waals surface area contributed by atoms with Gasteiger partial charge in [0.15, 0.2) is 6.10 Å². The van der Waals surface area contributed by atoms with Crippen LogP contribution in [-0.4, -0.2) is 30.1 Å². The molecule has 1 aliphatic rings. The number of methoxy groups -OCH3 is 1. The number of benzene rings is 2. The lowest BCUT2D eigenvalue weighted by molar-refractivity contribution is -0.178. The van der Waals surface area contributed by atoms with Crippen LogP contribution in [0.1, 0.15) is 30.1 Å². The lowest BCUT2D eigenvalue weighted by Crippen LogP contribution is -2.33. The van der Waals surface area contributed by atoms with Gasteiger partial charge < -0.3 is 9.47 Å². The predicted molar refractivity (Wildman–Crippen MR) is 110 cm³/mol. The van der Waals surface area contributed by atoms with Gasteiger partial charge in [-0.1, -0.05) is 57.5 Å². The first-order valence-corrected chi connectivity index (χ1v) is 9.94. The number of hydroxylamine groups is 2. The molecule has 0 unspecified atom stereocenters. The van der Waals surface area contributed by atoms with Crippen molar-refractivity contribution in [3.8, 4) is 5.75 Å². The number of carbonyl (C=O) groups is 3. The molecule has 0 saturated carbocycles. The molecule has 2 aromatic rings. The zero-order chi connectivity index (χ0) is 22.0.